The second kappa shape index (κ2) is 4.79. The maximum atomic E-state index is 12.5. The van der Waals surface area contributed by atoms with Crippen LogP contribution in [0.2, 0.25) is 0 Å². The minimum absolute atomic E-state index is 0.0246. The van der Waals surface area contributed by atoms with Gasteiger partial charge in [0.15, 0.2) is 0 Å². The van der Waals surface area contributed by atoms with Gasteiger partial charge in [0.2, 0.25) is 0 Å². The fraction of sp³-hybridized carbons (Fsp3) is 0.375. The maximum Gasteiger partial charge on any atom is 0.376 e. The van der Waals surface area contributed by atoms with Crippen molar-refractivity contribution in [2.75, 3.05) is 7.11 Å². The SMILES string of the molecule is COc1nc([N+](=O)[O-])c(C(F)F)cc1CO. The van der Waals surface area contributed by atoms with Crippen LogP contribution in [0.4, 0.5) is 14.6 Å². The first-order chi connectivity index (χ1) is 7.51. The molecule has 1 heterocycles. The second-order valence-electron chi connectivity index (χ2n) is 2.79. The van der Waals surface area contributed by atoms with Gasteiger partial charge in [-0.15, -0.1) is 0 Å². The first kappa shape index (κ1) is 12.2. The zero-order chi connectivity index (χ0) is 12.3. The van der Waals surface area contributed by atoms with Gasteiger partial charge >= 0.3 is 11.7 Å². The van der Waals surface area contributed by atoms with Crippen molar-refractivity contribution in [2.24, 2.45) is 0 Å². The molecule has 0 spiro atoms. The standard InChI is InChI=1S/C8H8F2N2O4/c1-16-8-4(3-13)2-5(6(9)10)7(11-8)12(14)15/h2,6,13H,3H2,1H3. The summed E-state index contributed by atoms with van der Waals surface area (Å²) in [7, 11) is 1.17. The molecule has 0 radical (unpaired) electrons. The van der Waals surface area contributed by atoms with E-state index in [0.29, 0.717) is 0 Å². The summed E-state index contributed by atoms with van der Waals surface area (Å²) < 4.78 is 29.6. The third kappa shape index (κ3) is 2.22. The fourth-order valence-electron chi connectivity index (χ4n) is 1.14. The molecule has 0 aliphatic carbocycles. The van der Waals surface area contributed by atoms with Gasteiger partial charge in [0.25, 0.3) is 6.43 Å². The molecule has 1 rings (SSSR count). The highest BCUT2D eigenvalue weighted by Gasteiger charge is 2.27. The van der Waals surface area contributed by atoms with Crippen molar-refractivity contribution in [3.63, 3.8) is 0 Å². The average molecular weight is 234 g/mol. The van der Waals surface area contributed by atoms with Crippen LogP contribution >= 0.6 is 0 Å². The van der Waals surface area contributed by atoms with Crippen LogP contribution in [0.5, 0.6) is 5.88 Å². The smallest absolute Gasteiger partial charge is 0.376 e. The topological polar surface area (TPSA) is 85.5 Å². The summed E-state index contributed by atoms with van der Waals surface area (Å²) in [4.78, 5) is 12.8. The van der Waals surface area contributed by atoms with Crippen molar-refractivity contribution in [2.45, 2.75) is 13.0 Å². The largest absolute Gasteiger partial charge is 0.463 e. The van der Waals surface area contributed by atoms with Crippen LogP contribution in [0, 0.1) is 10.1 Å². The number of aromatic nitrogens is 1. The Kier molecular flexibility index (Phi) is 3.67. The van der Waals surface area contributed by atoms with E-state index in [-0.39, 0.29) is 11.4 Å². The first-order valence-electron chi connectivity index (χ1n) is 4.12. The zero-order valence-electron chi connectivity index (χ0n) is 8.18. The number of aliphatic hydroxyl groups excluding tert-OH is 1. The van der Waals surface area contributed by atoms with Gasteiger partial charge in [0, 0.05) is 4.98 Å². The van der Waals surface area contributed by atoms with E-state index in [2.05, 4.69) is 9.72 Å². The van der Waals surface area contributed by atoms with Gasteiger partial charge < -0.3 is 20.0 Å². The monoisotopic (exact) mass is 234 g/mol. The molecular weight excluding hydrogens is 226 g/mol. The molecule has 0 bridgehead atoms. The van der Waals surface area contributed by atoms with Crippen molar-refractivity contribution in [1.29, 1.82) is 0 Å². The molecule has 1 N–H and O–H groups in total. The van der Waals surface area contributed by atoms with E-state index in [4.69, 9.17) is 5.11 Å². The molecule has 1 aromatic rings. The first-order valence-corrected chi connectivity index (χ1v) is 4.12. The van der Waals surface area contributed by atoms with Crippen molar-refractivity contribution in [3.8, 4) is 5.88 Å². The van der Waals surface area contributed by atoms with Crippen LogP contribution in [0.1, 0.15) is 17.6 Å². The van der Waals surface area contributed by atoms with Crippen LogP contribution in [-0.4, -0.2) is 22.1 Å². The molecule has 1 aromatic heterocycles. The van der Waals surface area contributed by atoms with Crippen molar-refractivity contribution >= 4 is 5.82 Å². The van der Waals surface area contributed by atoms with E-state index < -0.39 is 29.3 Å². The quantitative estimate of drug-likeness (QED) is 0.629. The molecule has 0 saturated carbocycles. The molecule has 6 nitrogen and oxygen atoms in total. The van der Waals surface area contributed by atoms with Crippen LogP contribution in [0.15, 0.2) is 6.07 Å². The Bertz CT molecular complexity index is 411. The Morgan fingerprint density at radius 2 is 2.31 bits per heavy atom. The van der Waals surface area contributed by atoms with Crippen LogP contribution < -0.4 is 4.74 Å². The van der Waals surface area contributed by atoms with Gasteiger partial charge in [0.05, 0.1) is 19.3 Å². The number of ether oxygens (including phenoxy) is 1. The zero-order valence-corrected chi connectivity index (χ0v) is 8.18. The predicted molar refractivity (Wildman–Crippen MR) is 48.3 cm³/mol. The summed E-state index contributed by atoms with van der Waals surface area (Å²) in [5, 5.41) is 19.3. The van der Waals surface area contributed by atoms with Crippen LogP contribution in [-0.2, 0) is 6.61 Å². The highest BCUT2D eigenvalue weighted by molar-refractivity contribution is 5.42. The number of rotatable bonds is 4. The van der Waals surface area contributed by atoms with Gasteiger partial charge in [-0.3, -0.25) is 0 Å². The van der Waals surface area contributed by atoms with E-state index in [0.717, 1.165) is 6.07 Å². The third-order valence-corrected chi connectivity index (χ3v) is 1.84. The second-order valence-corrected chi connectivity index (χ2v) is 2.79. The van der Waals surface area contributed by atoms with Crippen molar-refractivity contribution in [1.82, 2.24) is 4.98 Å². The summed E-state index contributed by atoms with van der Waals surface area (Å²) in [6, 6.07) is 0.814. The molecule has 0 saturated heterocycles. The van der Waals surface area contributed by atoms with Crippen LogP contribution in [0.25, 0.3) is 0 Å². The lowest BCUT2D eigenvalue weighted by atomic mass is 10.2. The number of methoxy groups -OCH3 is 1. The van der Waals surface area contributed by atoms with Crippen molar-refractivity contribution in [3.05, 3.63) is 27.3 Å². The van der Waals surface area contributed by atoms with Gasteiger partial charge in [-0.1, -0.05) is 0 Å². The molecular formula is C8H8F2N2O4. The van der Waals surface area contributed by atoms with Gasteiger partial charge in [-0.2, -0.15) is 0 Å². The van der Waals surface area contributed by atoms with E-state index in [1.165, 1.54) is 7.11 Å². The Morgan fingerprint density at radius 3 is 2.69 bits per heavy atom. The third-order valence-electron chi connectivity index (χ3n) is 1.84. The number of nitro groups is 1. The normalized spacial score (nSPS) is 10.6. The summed E-state index contributed by atoms with van der Waals surface area (Å²) in [5.74, 6) is -1.21. The van der Waals surface area contributed by atoms with Gasteiger partial charge in [-0.05, 0) is 11.0 Å². The van der Waals surface area contributed by atoms with E-state index >= 15 is 0 Å². The fourth-order valence-corrected chi connectivity index (χ4v) is 1.14. The average Bonchev–Trinajstić information content (AvgIpc) is 2.26. The number of alkyl halides is 2. The number of hydrogen-bond acceptors (Lipinski definition) is 5. The van der Waals surface area contributed by atoms with Crippen LogP contribution in [0.3, 0.4) is 0 Å². The number of nitrogens with zero attached hydrogens (tertiary/aromatic N) is 2. The summed E-state index contributed by atoms with van der Waals surface area (Å²) in [6.45, 7) is -0.589. The Balaban J connectivity index is 3.41. The van der Waals surface area contributed by atoms with E-state index in [1.807, 2.05) is 0 Å². The number of halogens is 2. The molecule has 0 aliphatic heterocycles. The Hall–Kier alpha value is -1.83. The maximum absolute atomic E-state index is 12.5. The Labute approximate surface area is 88.6 Å². The molecule has 0 fully saturated rings. The lowest BCUT2D eigenvalue weighted by Crippen LogP contribution is -2.04. The van der Waals surface area contributed by atoms with Gasteiger partial charge in [0.1, 0.15) is 5.56 Å². The van der Waals surface area contributed by atoms with Gasteiger partial charge in [-0.25, -0.2) is 8.78 Å². The molecule has 0 aromatic carbocycles. The number of aliphatic hydroxyl groups is 1. The van der Waals surface area contributed by atoms with Crippen molar-refractivity contribution < 1.29 is 23.5 Å². The van der Waals surface area contributed by atoms with E-state index in [1.54, 1.807) is 0 Å². The molecule has 88 valence electrons. The minimum atomic E-state index is -3.04. The molecule has 16 heavy (non-hydrogen) atoms. The highest BCUT2D eigenvalue weighted by atomic mass is 19.3. The number of hydrogen-bond donors (Lipinski definition) is 1. The molecule has 0 amide bonds. The molecule has 0 atom stereocenters. The molecule has 8 heteroatoms. The number of pyridine rings is 1. The summed E-state index contributed by atoms with van der Waals surface area (Å²) in [5.41, 5.74) is -0.863. The highest BCUT2D eigenvalue weighted by Crippen LogP contribution is 2.31. The predicted octanol–water partition coefficient (Wildman–Crippen LogP) is 1.43. The lowest BCUT2D eigenvalue weighted by molar-refractivity contribution is -0.391. The van der Waals surface area contributed by atoms with E-state index in [9.17, 15) is 18.9 Å². The minimum Gasteiger partial charge on any atom is -0.463 e. The summed E-state index contributed by atoms with van der Waals surface area (Å²) >= 11 is 0. The summed E-state index contributed by atoms with van der Waals surface area (Å²) in [6.07, 6.45) is -3.04. The molecule has 0 unspecified atom stereocenters. The Morgan fingerprint density at radius 1 is 1.69 bits per heavy atom. The lowest BCUT2D eigenvalue weighted by Gasteiger charge is -2.05. The molecule has 0 aliphatic rings.